The van der Waals surface area contributed by atoms with Crippen LogP contribution in [0.4, 0.5) is 11.5 Å². The number of carboxylic acids is 1. The van der Waals surface area contributed by atoms with Crippen molar-refractivity contribution in [3.8, 4) is 5.75 Å². The highest BCUT2D eigenvalue weighted by molar-refractivity contribution is 5.99. The third-order valence-electron chi connectivity index (χ3n) is 7.21. The van der Waals surface area contributed by atoms with Gasteiger partial charge < -0.3 is 25.4 Å². The molecule has 0 radical (unpaired) electrons. The Morgan fingerprint density at radius 2 is 1.76 bits per heavy atom. The number of hydrogen-bond donors (Lipinski definition) is 3. The van der Waals surface area contributed by atoms with Crippen molar-refractivity contribution >= 4 is 23.4 Å². The zero-order valence-electron chi connectivity index (χ0n) is 22.2. The molecular formula is C30H36N4O4. The highest BCUT2D eigenvalue weighted by Crippen LogP contribution is 2.25. The Labute approximate surface area is 224 Å². The van der Waals surface area contributed by atoms with Crippen molar-refractivity contribution < 1.29 is 19.4 Å². The average Bonchev–Trinajstić information content (AvgIpc) is 2.92. The molecular weight excluding hydrogens is 480 g/mol. The van der Waals surface area contributed by atoms with Gasteiger partial charge in [-0.2, -0.15) is 0 Å². The predicted molar refractivity (Wildman–Crippen MR) is 149 cm³/mol. The van der Waals surface area contributed by atoms with E-state index < -0.39 is 12.0 Å². The first-order valence-electron chi connectivity index (χ1n) is 13.0. The minimum atomic E-state index is -1.05. The molecule has 1 unspecified atom stereocenters. The van der Waals surface area contributed by atoms with Gasteiger partial charge in [0.2, 0.25) is 0 Å². The number of aliphatic carboxylic acids is 1. The Kier molecular flexibility index (Phi) is 8.84. The van der Waals surface area contributed by atoms with Crippen molar-refractivity contribution in [2.45, 2.75) is 39.2 Å². The van der Waals surface area contributed by atoms with Gasteiger partial charge in [0, 0.05) is 49.6 Å². The zero-order chi connectivity index (χ0) is 27.1. The number of pyridine rings is 1. The molecule has 1 saturated heterocycles. The summed E-state index contributed by atoms with van der Waals surface area (Å²) < 4.78 is 5.26. The van der Waals surface area contributed by atoms with E-state index in [4.69, 9.17) is 4.74 Å². The van der Waals surface area contributed by atoms with E-state index in [1.54, 1.807) is 13.3 Å². The van der Waals surface area contributed by atoms with E-state index >= 15 is 0 Å². The van der Waals surface area contributed by atoms with Crippen molar-refractivity contribution in [2.75, 3.05) is 37.0 Å². The molecule has 1 atom stereocenters. The number of carbonyl (C=O) groups excluding carboxylic acids is 1. The van der Waals surface area contributed by atoms with Crippen LogP contribution in [-0.4, -0.2) is 54.8 Å². The number of methoxy groups -OCH3 is 1. The molecule has 0 saturated carbocycles. The van der Waals surface area contributed by atoms with Gasteiger partial charge in [-0.25, -0.2) is 9.78 Å². The van der Waals surface area contributed by atoms with E-state index in [2.05, 4.69) is 20.5 Å². The normalized spacial score (nSPS) is 14.6. The molecule has 1 aliphatic heterocycles. The van der Waals surface area contributed by atoms with Crippen molar-refractivity contribution in [1.29, 1.82) is 0 Å². The van der Waals surface area contributed by atoms with Crippen LogP contribution < -0.4 is 20.3 Å². The number of piperidine rings is 1. The molecule has 0 bridgehead atoms. The second kappa shape index (κ2) is 12.4. The van der Waals surface area contributed by atoms with Crippen molar-refractivity contribution in [2.24, 2.45) is 5.92 Å². The van der Waals surface area contributed by atoms with Crippen molar-refractivity contribution in [1.82, 2.24) is 10.3 Å². The number of aryl methyl sites for hydroxylation is 2. The lowest BCUT2D eigenvalue weighted by molar-refractivity contribution is -0.139. The van der Waals surface area contributed by atoms with Gasteiger partial charge in [0.25, 0.3) is 5.91 Å². The fourth-order valence-corrected chi connectivity index (χ4v) is 4.96. The molecule has 0 spiro atoms. The SMILES string of the molecule is COc1ccnc(NCC2CCN(c3ccc(CC(NC(=O)c4c(C)cccc4C)C(=O)O)cc3)CC2)c1. The summed E-state index contributed by atoms with van der Waals surface area (Å²) in [5, 5.41) is 15.9. The zero-order valence-corrected chi connectivity index (χ0v) is 22.2. The molecule has 3 aromatic rings. The maximum absolute atomic E-state index is 12.8. The first kappa shape index (κ1) is 27.0. The van der Waals surface area contributed by atoms with Crippen molar-refractivity contribution in [3.63, 3.8) is 0 Å². The van der Waals surface area contributed by atoms with E-state index in [0.29, 0.717) is 11.5 Å². The van der Waals surface area contributed by atoms with Crippen LogP contribution in [-0.2, 0) is 11.2 Å². The van der Waals surface area contributed by atoms with Gasteiger partial charge in [-0.1, -0.05) is 30.3 Å². The second-order valence-electron chi connectivity index (χ2n) is 9.89. The van der Waals surface area contributed by atoms with Crippen LogP contribution in [0.3, 0.4) is 0 Å². The van der Waals surface area contributed by atoms with Crippen LogP contribution in [0.25, 0.3) is 0 Å². The van der Waals surface area contributed by atoms with Crippen LogP contribution in [0, 0.1) is 19.8 Å². The highest BCUT2D eigenvalue weighted by atomic mass is 16.5. The van der Waals surface area contributed by atoms with Gasteiger partial charge >= 0.3 is 5.97 Å². The van der Waals surface area contributed by atoms with E-state index in [0.717, 1.165) is 66.4 Å². The van der Waals surface area contributed by atoms with E-state index in [9.17, 15) is 14.7 Å². The van der Waals surface area contributed by atoms with Gasteiger partial charge in [0.05, 0.1) is 7.11 Å². The molecule has 8 nitrogen and oxygen atoms in total. The molecule has 200 valence electrons. The fraction of sp³-hybridized carbons (Fsp3) is 0.367. The summed E-state index contributed by atoms with van der Waals surface area (Å²) in [6.07, 6.45) is 4.11. The Morgan fingerprint density at radius 1 is 1.08 bits per heavy atom. The molecule has 1 amide bonds. The molecule has 1 aromatic heterocycles. The minimum absolute atomic E-state index is 0.221. The topological polar surface area (TPSA) is 104 Å². The maximum Gasteiger partial charge on any atom is 0.326 e. The van der Waals surface area contributed by atoms with Gasteiger partial charge in [0.1, 0.15) is 17.6 Å². The lowest BCUT2D eigenvalue weighted by Gasteiger charge is -2.34. The second-order valence-corrected chi connectivity index (χ2v) is 9.89. The molecule has 38 heavy (non-hydrogen) atoms. The number of nitrogens with one attached hydrogen (secondary N) is 2. The summed E-state index contributed by atoms with van der Waals surface area (Å²) in [7, 11) is 1.65. The Balaban J connectivity index is 1.29. The van der Waals surface area contributed by atoms with E-state index in [-0.39, 0.29) is 12.3 Å². The molecule has 1 fully saturated rings. The van der Waals surface area contributed by atoms with Crippen LogP contribution in [0.5, 0.6) is 5.75 Å². The molecule has 0 aliphatic carbocycles. The number of aromatic nitrogens is 1. The Hall–Kier alpha value is -4.07. The summed E-state index contributed by atoms with van der Waals surface area (Å²) in [5.74, 6) is 0.777. The number of carboxylic acid groups (broad SMARTS) is 1. The number of rotatable bonds is 10. The summed E-state index contributed by atoms with van der Waals surface area (Å²) in [5.41, 5.74) is 4.18. The number of amides is 1. The van der Waals surface area contributed by atoms with Crippen molar-refractivity contribution in [3.05, 3.63) is 83.0 Å². The monoisotopic (exact) mass is 516 g/mol. The summed E-state index contributed by atoms with van der Waals surface area (Å²) in [6.45, 7) is 6.50. The molecule has 2 aromatic carbocycles. The predicted octanol–water partition coefficient (Wildman–Crippen LogP) is 4.46. The third-order valence-corrected chi connectivity index (χ3v) is 7.21. The van der Waals surface area contributed by atoms with Crippen LogP contribution in [0.15, 0.2) is 60.8 Å². The molecule has 4 rings (SSSR count). The highest BCUT2D eigenvalue weighted by Gasteiger charge is 2.24. The van der Waals surface area contributed by atoms with E-state index in [1.165, 1.54) is 0 Å². The smallest absolute Gasteiger partial charge is 0.326 e. The fourth-order valence-electron chi connectivity index (χ4n) is 4.96. The molecule has 3 N–H and O–H groups in total. The summed E-state index contributed by atoms with van der Waals surface area (Å²) >= 11 is 0. The van der Waals surface area contributed by atoms with Gasteiger partial charge in [-0.3, -0.25) is 4.79 Å². The standard InChI is InChI=1S/C30H36N4O4/c1-20-5-4-6-21(2)28(20)29(35)33-26(30(36)37)17-22-7-9-24(10-8-22)34-15-12-23(13-16-34)19-32-27-18-25(38-3)11-14-31-27/h4-11,14,18,23,26H,12-13,15-17,19H2,1-3H3,(H,31,32)(H,33,35)(H,36,37). The Morgan fingerprint density at radius 3 is 2.39 bits per heavy atom. The number of nitrogens with zero attached hydrogens (tertiary/aromatic N) is 2. The quantitative estimate of drug-likeness (QED) is 0.365. The molecule has 8 heteroatoms. The first-order chi connectivity index (χ1) is 18.3. The number of anilines is 2. The van der Waals surface area contributed by atoms with Gasteiger partial charge in [-0.15, -0.1) is 0 Å². The number of carbonyl (C=O) groups is 2. The summed E-state index contributed by atoms with van der Waals surface area (Å²) in [6, 6.07) is 16.3. The first-order valence-corrected chi connectivity index (χ1v) is 13.0. The van der Waals surface area contributed by atoms with Gasteiger partial charge in [-0.05, 0) is 67.5 Å². The molecule has 1 aliphatic rings. The van der Waals surface area contributed by atoms with Crippen LogP contribution in [0.1, 0.15) is 39.9 Å². The minimum Gasteiger partial charge on any atom is -0.497 e. The summed E-state index contributed by atoms with van der Waals surface area (Å²) in [4.78, 5) is 31.5. The average molecular weight is 517 g/mol. The number of benzene rings is 2. The largest absolute Gasteiger partial charge is 0.497 e. The van der Waals surface area contributed by atoms with Crippen LogP contribution >= 0.6 is 0 Å². The molecule has 2 heterocycles. The van der Waals surface area contributed by atoms with Crippen LogP contribution in [0.2, 0.25) is 0 Å². The Bertz CT molecular complexity index is 1230. The number of hydrogen-bond acceptors (Lipinski definition) is 6. The maximum atomic E-state index is 12.8. The van der Waals surface area contributed by atoms with E-state index in [1.807, 2.05) is 68.4 Å². The third kappa shape index (κ3) is 6.82. The lowest BCUT2D eigenvalue weighted by atomic mass is 9.96. The lowest BCUT2D eigenvalue weighted by Crippen LogP contribution is -2.42. The van der Waals surface area contributed by atoms with Gasteiger partial charge in [0.15, 0.2) is 0 Å². The number of ether oxygens (including phenoxy) is 1.